The van der Waals surface area contributed by atoms with Crippen LogP contribution in [0.2, 0.25) is 0 Å². The summed E-state index contributed by atoms with van der Waals surface area (Å²) in [5.41, 5.74) is -0.905. The zero-order valence-electron chi connectivity index (χ0n) is 8.59. The van der Waals surface area contributed by atoms with Gasteiger partial charge in [0, 0.05) is 0 Å². The normalized spacial score (nSPS) is 10.6. The summed E-state index contributed by atoms with van der Waals surface area (Å²) in [6.07, 6.45) is 2.82. The lowest BCUT2D eigenvalue weighted by molar-refractivity contribution is -0.150. The van der Waals surface area contributed by atoms with Crippen molar-refractivity contribution < 1.29 is 9.53 Å². The molecule has 0 heterocycles. The fourth-order valence-corrected chi connectivity index (χ4v) is 1.54. The van der Waals surface area contributed by atoms with Gasteiger partial charge in [0.25, 0.3) is 0 Å². The maximum Gasteiger partial charge on any atom is 0.326 e. The fourth-order valence-electron chi connectivity index (χ4n) is 1.54. The second-order valence-corrected chi connectivity index (χ2v) is 3.19. The highest BCUT2D eigenvalue weighted by atomic mass is 16.5. The zero-order chi connectivity index (χ0) is 10.3. The van der Waals surface area contributed by atoms with Gasteiger partial charge in [0.15, 0.2) is 5.41 Å². The van der Waals surface area contributed by atoms with Gasteiger partial charge in [-0.1, -0.05) is 26.7 Å². The van der Waals surface area contributed by atoms with Gasteiger partial charge in [-0.15, -0.1) is 0 Å². The topological polar surface area (TPSA) is 50.1 Å². The Morgan fingerprint density at radius 1 is 1.38 bits per heavy atom. The third-order valence-corrected chi connectivity index (χ3v) is 2.14. The van der Waals surface area contributed by atoms with Gasteiger partial charge in [-0.3, -0.25) is 4.79 Å². The van der Waals surface area contributed by atoms with Gasteiger partial charge in [-0.05, 0) is 12.8 Å². The number of hydrogen-bond donors (Lipinski definition) is 0. The van der Waals surface area contributed by atoms with Gasteiger partial charge < -0.3 is 4.74 Å². The van der Waals surface area contributed by atoms with Crippen molar-refractivity contribution in [3.8, 4) is 6.07 Å². The first-order valence-corrected chi connectivity index (χ1v) is 4.66. The minimum absolute atomic E-state index is 0.390. The number of rotatable bonds is 5. The van der Waals surface area contributed by atoms with Gasteiger partial charge in [0.2, 0.25) is 0 Å². The van der Waals surface area contributed by atoms with E-state index in [2.05, 4.69) is 10.8 Å². The Bertz CT molecular complexity index is 199. The number of hydrogen-bond acceptors (Lipinski definition) is 3. The third kappa shape index (κ3) is 2.73. The number of carbonyl (C=O) groups excluding carboxylic acids is 1. The second kappa shape index (κ2) is 5.58. The molecule has 3 nitrogen and oxygen atoms in total. The molecular formula is C10H17NO2. The summed E-state index contributed by atoms with van der Waals surface area (Å²) in [5, 5.41) is 8.99. The minimum atomic E-state index is -0.905. The van der Waals surface area contributed by atoms with Gasteiger partial charge in [0.05, 0.1) is 13.2 Å². The summed E-state index contributed by atoms with van der Waals surface area (Å²) in [6, 6.07) is 2.09. The molecule has 3 heteroatoms. The van der Waals surface area contributed by atoms with Crippen molar-refractivity contribution in [1.82, 2.24) is 0 Å². The molecule has 0 aromatic heterocycles. The van der Waals surface area contributed by atoms with Crippen molar-refractivity contribution in [2.24, 2.45) is 5.41 Å². The molecule has 0 saturated heterocycles. The minimum Gasteiger partial charge on any atom is -0.468 e. The van der Waals surface area contributed by atoms with Crippen LogP contribution in [0.3, 0.4) is 0 Å². The Kier molecular flexibility index (Phi) is 5.13. The quantitative estimate of drug-likeness (QED) is 0.614. The first kappa shape index (κ1) is 12.0. The predicted octanol–water partition coefficient (Wildman–Crippen LogP) is 2.27. The fraction of sp³-hybridized carbons (Fsp3) is 0.800. The van der Waals surface area contributed by atoms with Crippen LogP contribution >= 0.6 is 0 Å². The molecule has 0 amide bonds. The average molecular weight is 183 g/mol. The van der Waals surface area contributed by atoms with Crippen LogP contribution in [0.15, 0.2) is 0 Å². The number of esters is 1. The second-order valence-electron chi connectivity index (χ2n) is 3.19. The Balaban J connectivity index is 4.66. The first-order valence-electron chi connectivity index (χ1n) is 4.66. The standard InChI is InChI=1S/C10H17NO2/c1-4-6-10(8-11,7-5-2)9(12)13-3/h4-7H2,1-3H3. The van der Waals surface area contributed by atoms with Crippen molar-refractivity contribution in [3.63, 3.8) is 0 Å². The SMILES string of the molecule is CCCC(C#N)(CCC)C(=O)OC. The molecule has 0 N–H and O–H groups in total. The van der Waals surface area contributed by atoms with E-state index in [-0.39, 0.29) is 0 Å². The van der Waals surface area contributed by atoms with E-state index in [1.807, 2.05) is 13.8 Å². The molecule has 0 radical (unpaired) electrons. The maximum atomic E-state index is 11.4. The highest BCUT2D eigenvalue weighted by Crippen LogP contribution is 2.30. The highest BCUT2D eigenvalue weighted by Gasteiger charge is 2.37. The Hall–Kier alpha value is -1.04. The van der Waals surface area contributed by atoms with E-state index in [0.717, 1.165) is 12.8 Å². The lowest BCUT2D eigenvalue weighted by Gasteiger charge is -2.22. The molecule has 0 aliphatic heterocycles. The van der Waals surface area contributed by atoms with Crippen LogP contribution in [0.5, 0.6) is 0 Å². The molecule has 0 atom stereocenters. The van der Waals surface area contributed by atoms with Crippen LogP contribution in [0.4, 0.5) is 0 Å². The Morgan fingerprint density at radius 2 is 1.85 bits per heavy atom. The van der Waals surface area contributed by atoms with E-state index in [0.29, 0.717) is 12.8 Å². The molecule has 0 aliphatic rings. The third-order valence-electron chi connectivity index (χ3n) is 2.14. The molecule has 74 valence electrons. The predicted molar refractivity (Wildman–Crippen MR) is 49.9 cm³/mol. The van der Waals surface area contributed by atoms with Crippen molar-refractivity contribution in [2.75, 3.05) is 7.11 Å². The number of methoxy groups -OCH3 is 1. The smallest absolute Gasteiger partial charge is 0.326 e. The number of nitriles is 1. The Morgan fingerprint density at radius 3 is 2.08 bits per heavy atom. The summed E-state index contributed by atoms with van der Waals surface area (Å²) in [6.45, 7) is 3.93. The molecule has 0 aromatic carbocycles. The molecule has 0 spiro atoms. The van der Waals surface area contributed by atoms with Gasteiger partial charge >= 0.3 is 5.97 Å². The zero-order valence-corrected chi connectivity index (χ0v) is 8.59. The average Bonchev–Trinajstić information content (AvgIpc) is 2.16. The summed E-state index contributed by atoms with van der Waals surface area (Å²) < 4.78 is 4.65. The van der Waals surface area contributed by atoms with Gasteiger partial charge in [-0.2, -0.15) is 5.26 Å². The molecular weight excluding hydrogens is 166 g/mol. The summed E-state index contributed by atoms with van der Waals surface area (Å²) in [5.74, 6) is -0.390. The van der Waals surface area contributed by atoms with E-state index >= 15 is 0 Å². The summed E-state index contributed by atoms with van der Waals surface area (Å²) in [7, 11) is 1.33. The number of ether oxygens (including phenoxy) is 1. The van der Waals surface area contributed by atoms with Gasteiger partial charge in [0.1, 0.15) is 0 Å². The molecule has 0 aromatic rings. The molecule has 13 heavy (non-hydrogen) atoms. The summed E-state index contributed by atoms with van der Waals surface area (Å²) >= 11 is 0. The van der Waals surface area contributed by atoms with Crippen molar-refractivity contribution in [3.05, 3.63) is 0 Å². The number of nitrogens with zero attached hydrogens (tertiary/aromatic N) is 1. The van der Waals surface area contributed by atoms with Crippen LogP contribution in [-0.2, 0) is 9.53 Å². The van der Waals surface area contributed by atoms with E-state index in [9.17, 15) is 4.79 Å². The van der Waals surface area contributed by atoms with Crippen molar-refractivity contribution >= 4 is 5.97 Å². The van der Waals surface area contributed by atoms with E-state index in [1.165, 1.54) is 7.11 Å². The van der Waals surface area contributed by atoms with E-state index < -0.39 is 11.4 Å². The molecule has 0 aliphatic carbocycles. The molecule has 0 saturated carbocycles. The van der Waals surface area contributed by atoms with E-state index in [1.54, 1.807) is 0 Å². The van der Waals surface area contributed by atoms with Crippen LogP contribution in [0.1, 0.15) is 39.5 Å². The van der Waals surface area contributed by atoms with Crippen LogP contribution < -0.4 is 0 Å². The summed E-state index contributed by atoms with van der Waals surface area (Å²) in [4.78, 5) is 11.4. The maximum absolute atomic E-state index is 11.4. The molecule has 0 fully saturated rings. The Labute approximate surface area is 79.7 Å². The number of carbonyl (C=O) groups is 1. The van der Waals surface area contributed by atoms with Crippen LogP contribution in [0, 0.1) is 16.7 Å². The van der Waals surface area contributed by atoms with E-state index in [4.69, 9.17) is 5.26 Å². The first-order chi connectivity index (χ1) is 6.16. The van der Waals surface area contributed by atoms with Gasteiger partial charge in [-0.25, -0.2) is 0 Å². The molecule has 0 unspecified atom stereocenters. The lowest BCUT2D eigenvalue weighted by Crippen LogP contribution is -2.30. The molecule has 0 rings (SSSR count). The van der Waals surface area contributed by atoms with Crippen LogP contribution in [-0.4, -0.2) is 13.1 Å². The van der Waals surface area contributed by atoms with Crippen molar-refractivity contribution in [1.29, 1.82) is 5.26 Å². The largest absolute Gasteiger partial charge is 0.468 e. The van der Waals surface area contributed by atoms with Crippen LogP contribution in [0.25, 0.3) is 0 Å². The highest BCUT2D eigenvalue weighted by molar-refractivity contribution is 5.79. The van der Waals surface area contributed by atoms with Crippen molar-refractivity contribution in [2.45, 2.75) is 39.5 Å². The molecule has 0 bridgehead atoms. The monoisotopic (exact) mass is 183 g/mol. The lowest BCUT2D eigenvalue weighted by atomic mass is 9.81.